The average molecular weight is 708 g/mol. The van der Waals surface area contributed by atoms with E-state index in [1.54, 1.807) is 0 Å². The van der Waals surface area contributed by atoms with Gasteiger partial charge >= 0.3 is 0 Å². The smallest absolute Gasteiger partial charge is 0 e. The molecular formula is H27Al9Sr5. The first-order valence-electron chi connectivity index (χ1n) is 0. The zero-order chi connectivity index (χ0) is 0. The predicted molar refractivity (Wildman–Crippen MR) is 118 cm³/mol. The van der Waals surface area contributed by atoms with Gasteiger partial charge < -0.3 is 0 Å². The fourth-order valence-electron chi connectivity index (χ4n) is 0. The summed E-state index contributed by atoms with van der Waals surface area (Å²) >= 11 is 0. The molecule has 64 valence electrons. The van der Waals surface area contributed by atoms with Gasteiger partial charge in [-0.25, -0.2) is 0 Å². The van der Waals surface area contributed by atoms with Crippen molar-refractivity contribution in [3.63, 3.8) is 0 Å². The molecule has 0 spiro atoms. The predicted octanol–water partition coefficient (Wildman–Crippen LogP) is -12.6. The maximum absolute atomic E-state index is 0. The van der Waals surface area contributed by atoms with Crippen molar-refractivity contribution in [3.8, 4) is 0 Å². The van der Waals surface area contributed by atoms with Crippen LogP contribution in [0.3, 0.4) is 0 Å². The van der Waals surface area contributed by atoms with Crippen LogP contribution in [0.1, 0.15) is 0 Å². The first kappa shape index (κ1) is 112. The number of hydrogen-bond acceptors (Lipinski definition) is 0. The summed E-state index contributed by atoms with van der Waals surface area (Å²) in [7, 11) is 0. The van der Waals surface area contributed by atoms with E-state index in [-0.39, 0.29) is 384 Å². The van der Waals surface area contributed by atoms with Gasteiger partial charge in [-0.1, -0.05) is 0 Å². The summed E-state index contributed by atoms with van der Waals surface area (Å²) < 4.78 is 0. The van der Waals surface area contributed by atoms with Gasteiger partial charge in [-0.15, -0.1) is 0 Å². The van der Waals surface area contributed by atoms with Gasteiger partial charge in [-0.3, -0.25) is 0 Å². The van der Waals surface area contributed by atoms with Gasteiger partial charge in [0.2, 0.25) is 0 Å². The summed E-state index contributed by atoms with van der Waals surface area (Å²) in [5.41, 5.74) is 0. The van der Waals surface area contributed by atoms with Crippen molar-refractivity contribution < 1.29 is 0 Å². The second kappa shape index (κ2) is 99.2. The summed E-state index contributed by atoms with van der Waals surface area (Å²) in [4.78, 5) is 0. The van der Waals surface area contributed by atoms with Crippen molar-refractivity contribution in [1.29, 1.82) is 0 Å². The van der Waals surface area contributed by atoms with Crippen molar-refractivity contribution in [2.45, 2.75) is 0 Å². The minimum Gasteiger partial charge on any atom is 0 e. The van der Waals surface area contributed by atoms with Crippen LogP contribution in [0, 0.1) is 0 Å². The molecule has 0 aromatic carbocycles. The minimum absolute atomic E-state index is 0. The standard InChI is InChI=1S/9Al.5Sr.27H. The molecule has 14 heteroatoms. The molecule has 0 bridgehead atoms. The Kier molecular flexibility index (Phi) is 792. The monoisotopic (exact) mass is 710 g/mol. The quantitative estimate of drug-likeness (QED) is 0.220. The number of hydrogen-bond donors (Lipinski definition) is 0. The van der Waals surface area contributed by atoms with E-state index in [0.29, 0.717) is 0 Å². The van der Waals surface area contributed by atoms with Crippen molar-refractivity contribution in [2.24, 2.45) is 0 Å². The van der Waals surface area contributed by atoms with Gasteiger partial charge in [0.25, 0.3) is 0 Å². The maximum atomic E-state index is 0. The van der Waals surface area contributed by atoms with E-state index in [2.05, 4.69) is 0 Å². The summed E-state index contributed by atoms with van der Waals surface area (Å²) in [5, 5.41) is 0. The molecule has 0 aromatic heterocycles. The molecular weight excluding hydrogens is 681 g/mol. The minimum atomic E-state index is 0. The molecule has 0 amide bonds. The SMILES string of the molecule is [AlH3].[AlH3].[AlH3].[AlH3].[AlH3].[AlH3].[AlH3].[AlH3].[AlH3].[Sr].[Sr].[Sr].[Sr].[Sr]. The topological polar surface area (TPSA) is 0 Å². The van der Waals surface area contributed by atoms with Gasteiger partial charge in [0.1, 0.15) is 0 Å². The first-order chi connectivity index (χ1) is 0. The Labute approximate surface area is 370 Å². The van der Waals surface area contributed by atoms with E-state index in [4.69, 9.17) is 0 Å². The van der Waals surface area contributed by atoms with Crippen LogP contribution in [-0.4, -0.2) is 384 Å². The van der Waals surface area contributed by atoms with Gasteiger partial charge in [-0.05, 0) is 0 Å². The molecule has 0 aliphatic rings. The first-order valence-corrected chi connectivity index (χ1v) is 0. The largest absolute Gasteiger partial charge is 0.187 e. The summed E-state index contributed by atoms with van der Waals surface area (Å²) in [6.45, 7) is 0. The maximum Gasteiger partial charge on any atom is 0.187 e. The van der Waals surface area contributed by atoms with E-state index in [1.165, 1.54) is 0 Å². The van der Waals surface area contributed by atoms with Crippen LogP contribution < -0.4 is 0 Å². The van der Waals surface area contributed by atoms with Gasteiger partial charge in [0, 0.05) is 227 Å². The Morgan fingerprint density at radius 2 is 0.143 bits per heavy atom. The fourth-order valence-corrected chi connectivity index (χ4v) is 0. The Balaban J connectivity index is 0. The molecule has 0 N–H and O–H groups in total. The molecule has 0 heterocycles. The van der Waals surface area contributed by atoms with Crippen LogP contribution in [0.15, 0.2) is 0 Å². The van der Waals surface area contributed by atoms with Crippen LogP contribution in [0.2, 0.25) is 0 Å². The molecule has 10 radical (unpaired) electrons. The van der Waals surface area contributed by atoms with Gasteiger partial charge in [-0.2, -0.15) is 0 Å². The summed E-state index contributed by atoms with van der Waals surface area (Å²) in [6.07, 6.45) is 0. The molecule has 14 heavy (non-hydrogen) atoms. The van der Waals surface area contributed by atoms with Crippen LogP contribution >= 0.6 is 0 Å². The van der Waals surface area contributed by atoms with Crippen molar-refractivity contribution in [1.82, 2.24) is 0 Å². The van der Waals surface area contributed by atoms with Crippen LogP contribution in [0.4, 0.5) is 0 Å². The zero-order valence-corrected chi connectivity index (χ0v) is 20.9. The molecule has 0 fully saturated rings. The Morgan fingerprint density at radius 3 is 0.143 bits per heavy atom. The van der Waals surface area contributed by atoms with Crippen LogP contribution in [-0.2, 0) is 0 Å². The van der Waals surface area contributed by atoms with E-state index in [9.17, 15) is 0 Å². The normalized spacial score (nSPS) is 0. The fraction of sp³-hybridized carbons (Fsp3) is 0. The van der Waals surface area contributed by atoms with E-state index >= 15 is 0 Å². The number of rotatable bonds is 0. The van der Waals surface area contributed by atoms with E-state index in [0.717, 1.165) is 0 Å². The van der Waals surface area contributed by atoms with Crippen LogP contribution in [0.5, 0.6) is 0 Å². The summed E-state index contributed by atoms with van der Waals surface area (Å²) in [6, 6.07) is 0. The Morgan fingerprint density at radius 1 is 0.143 bits per heavy atom. The third-order valence-corrected chi connectivity index (χ3v) is 0. The Hall–Kier alpha value is 12.2. The molecule has 0 aliphatic heterocycles. The van der Waals surface area contributed by atoms with E-state index in [1.807, 2.05) is 0 Å². The molecule has 0 saturated heterocycles. The third-order valence-electron chi connectivity index (χ3n) is 0. The molecule has 0 saturated carbocycles. The van der Waals surface area contributed by atoms with Gasteiger partial charge in [0.15, 0.2) is 156 Å². The Bertz CT molecular complexity index is 13.2. The average Bonchev–Trinajstić information content (AvgIpc) is 0. The molecule has 0 atom stereocenters. The zero-order valence-electron chi connectivity index (χ0n) is 3.54. The summed E-state index contributed by atoms with van der Waals surface area (Å²) in [5.74, 6) is 0. The molecule has 0 aliphatic carbocycles. The molecule has 0 unspecified atom stereocenters. The van der Waals surface area contributed by atoms with Crippen molar-refractivity contribution >= 4 is 384 Å². The van der Waals surface area contributed by atoms with E-state index < -0.39 is 0 Å². The molecule has 0 aromatic rings. The van der Waals surface area contributed by atoms with Gasteiger partial charge in [0.05, 0.1) is 0 Å². The van der Waals surface area contributed by atoms with Crippen molar-refractivity contribution in [3.05, 3.63) is 0 Å². The van der Waals surface area contributed by atoms with Crippen molar-refractivity contribution in [2.75, 3.05) is 0 Å². The second-order valence-corrected chi connectivity index (χ2v) is 0. The third kappa shape index (κ3) is 87.5. The van der Waals surface area contributed by atoms with Crippen LogP contribution in [0.25, 0.3) is 0 Å². The molecule has 0 nitrogen and oxygen atoms in total. The second-order valence-electron chi connectivity index (χ2n) is 0. The molecule has 0 rings (SSSR count).